The highest BCUT2D eigenvalue weighted by atomic mass is 16.3. The van der Waals surface area contributed by atoms with Crippen LogP contribution in [0.15, 0.2) is 35.6 Å². The Balaban J connectivity index is 1.78. The summed E-state index contributed by atoms with van der Waals surface area (Å²) in [5.41, 5.74) is 0.569. The lowest BCUT2D eigenvalue weighted by atomic mass is 9.78. The van der Waals surface area contributed by atoms with E-state index in [1.807, 2.05) is 24.3 Å². The Hall–Kier alpha value is -1.88. The number of fused-ring (bicyclic) bond motifs is 1. The summed E-state index contributed by atoms with van der Waals surface area (Å²) in [6.07, 6.45) is 10.4. The molecule has 1 aliphatic carbocycles. The van der Waals surface area contributed by atoms with Gasteiger partial charge in [0, 0.05) is 24.5 Å². The summed E-state index contributed by atoms with van der Waals surface area (Å²) in [5, 5.41) is 21.0. The highest BCUT2D eigenvalue weighted by Crippen LogP contribution is 2.33. The second-order valence-corrected chi connectivity index (χ2v) is 5.84. The van der Waals surface area contributed by atoms with Crippen molar-refractivity contribution in [3.63, 3.8) is 0 Å². The zero-order valence-electron chi connectivity index (χ0n) is 12.0. The van der Waals surface area contributed by atoms with Crippen LogP contribution >= 0.6 is 0 Å². The normalized spacial score (nSPS) is 31.2. The number of nitrogens with one attached hydrogen (secondary N) is 2. The first-order valence-corrected chi connectivity index (χ1v) is 7.56. The number of aliphatic hydroxyl groups is 1. The maximum absolute atomic E-state index is 11.9. The zero-order chi connectivity index (χ0) is 14.8. The Morgan fingerprint density at radius 3 is 2.67 bits per heavy atom. The number of allylic oxidation sites excluding steroid dienone is 3. The molecule has 2 saturated heterocycles. The van der Waals surface area contributed by atoms with Crippen molar-refractivity contribution in [3.05, 3.63) is 35.6 Å². The number of hydrogen-bond donors (Lipinski definition) is 3. The average molecular weight is 287 g/mol. The molecule has 2 atom stereocenters. The van der Waals surface area contributed by atoms with Gasteiger partial charge in [0.2, 0.25) is 5.91 Å². The summed E-state index contributed by atoms with van der Waals surface area (Å²) in [7, 11) is 0. The van der Waals surface area contributed by atoms with E-state index >= 15 is 0 Å². The molecule has 0 aromatic heterocycles. The number of hydrogen-bond acceptors (Lipinski definition) is 4. The lowest BCUT2D eigenvalue weighted by molar-refractivity contribution is -0.123. The van der Waals surface area contributed by atoms with Gasteiger partial charge in [-0.1, -0.05) is 24.3 Å². The van der Waals surface area contributed by atoms with Gasteiger partial charge in [-0.15, -0.1) is 0 Å². The van der Waals surface area contributed by atoms with Crippen molar-refractivity contribution < 1.29 is 9.90 Å². The number of nitrogens with zero attached hydrogens (tertiary/aromatic N) is 1. The van der Waals surface area contributed by atoms with Crippen LogP contribution in [-0.4, -0.2) is 41.4 Å². The molecule has 0 saturated carbocycles. The molecule has 0 aromatic rings. The molecular formula is C16H21N3O2. The number of aliphatic hydroxyl groups excluding tert-OH is 1. The SMILES string of the molecule is N=C1NC(=O)C2C=CC=CC2/C1=C(\O)CCN1CCCC1. The summed E-state index contributed by atoms with van der Waals surface area (Å²) in [4.78, 5) is 14.3. The third-order valence-electron chi connectivity index (χ3n) is 4.46. The molecule has 21 heavy (non-hydrogen) atoms. The lowest BCUT2D eigenvalue weighted by Gasteiger charge is -2.32. The fourth-order valence-electron chi connectivity index (χ4n) is 3.32. The maximum Gasteiger partial charge on any atom is 0.233 e. The van der Waals surface area contributed by atoms with Gasteiger partial charge in [-0.25, -0.2) is 0 Å². The number of piperidine rings is 1. The van der Waals surface area contributed by atoms with Crippen molar-refractivity contribution >= 4 is 11.7 Å². The van der Waals surface area contributed by atoms with Crippen LogP contribution in [0.5, 0.6) is 0 Å². The Labute approximate surface area is 124 Å². The highest BCUT2D eigenvalue weighted by molar-refractivity contribution is 6.11. The molecule has 0 spiro atoms. The van der Waals surface area contributed by atoms with Gasteiger partial charge >= 0.3 is 0 Å². The molecule has 112 valence electrons. The lowest BCUT2D eigenvalue weighted by Crippen LogP contribution is -2.47. The van der Waals surface area contributed by atoms with Crippen molar-refractivity contribution in [2.75, 3.05) is 19.6 Å². The van der Waals surface area contributed by atoms with E-state index in [0.717, 1.165) is 19.6 Å². The van der Waals surface area contributed by atoms with Crippen molar-refractivity contribution in [1.29, 1.82) is 5.41 Å². The molecule has 2 fully saturated rings. The smallest absolute Gasteiger partial charge is 0.233 e. The number of carbonyl (C=O) groups is 1. The third kappa shape index (κ3) is 2.78. The summed E-state index contributed by atoms with van der Waals surface area (Å²) in [6, 6.07) is 0. The first-order valence-electron chi connectivity index (χ1n) is 7.56. The van der Waals surface area contributed by atoms with E-state index in [1.165, 1.54) is 12.8 Å². The Morgan fingerprint density at radius 1 is 1.29 bits per heavy atom. The Morgan fingerprint density at radius 2 is 1.95 bits per heavy atom. The highest BCUT2D eigenvalue weighted by Gasteiger charge is 2.37. The Bertz CT molecular complexity index is 542. The first-order chi connectivity index (χ1) is 10.2. The molecule has 2 heterocycles. The van der Waals surface area contributed by atoms with E-state index in [1.54, 1.807) is 0 Å². The second-order valence-electron chi connectivity index (χ2n) is 5.84. The van der Waals surface area contributed by atoms with E-state index in [4.69, 9.17) is 5.41 Å². The monoisotopic (exact) mass is 287 g/mol. The van der Waals surface area contributed by atoms with Crippen LogP contribution in [0, 0.1) is 17.2 Å². The van der Waals surface area contributed by atoms with Crippen LogP contribution in [0.4, 0.5) is 0 Å². The van der Waals surface area contributed by atoms with Gasteiger partial charge in [0.25, 0.3) is 0 Å². The van der Waals surface area contributed by atoms with Crippen LogP contribution in [-0.2, 0) is 4.79 Å². The molecule has 0 aromatic carbocycles. The summed E-state index contributed by atoms with van der Waals surface area (Å²) >= 11 is 0. The van der Waals surface area contributed by atoms with Crippen LogP contribution in [0.3, 0.4) is 0 Å². The minimum Gasteiger partial charge on any atom is -0.512 e. The van der Waals surface area contributed by atoms with E-state index in [9.17, 15) is 9.90 Å². The van der Waals surface area contributed by atoms with Crippen molar-refractivity contribution in [2.45, 2.75) is 19.3 Å². The number of amides is 1. The molecule has 1 amide bonds. The summed E-state index contributed by atoms with van der Waals surface area (Å²) in [5.74, 6) is -0.411. The van der Waals surface area contributed by atoms with E-state index in [2.05, 4.69) is 10.2 Å². The van der Waals surface area contributed by atoms with Gasteiger partial charge < -0.3 is 15.3 Å². The molecule has 5 heteroatoms. The molecule has 3 aliphatic rings. The fourth-order valence-corrected chi connectivity index (χ4v) is 3.32. The van der Waals surface area contributed by atoms with Gasteiger partial charge in [-0.3, -0.25) is 10.2 Å². The van der Waals surface area contributed by atoms with Gasteiger partial charge in [-0.2, -0.15) is 0 Å². The summed E-state index contributed by atoms with van der Waals surface area (Å²) in [6.45, 7) is 2.99. The molecular weight excluding hydrogens is 266 g/mol. The largest absolute Gasteiger partial charge is 0.512 e. The number of likely N-dealkylation sites (tertiary alicyclic amines) is 1. The molecule has 0 bridgehead atoms. The van der Waals surface area contributed by atoms with Gasteiger partial charge in [-0.05, 0) is 25.9 Å². The van der Waals surface area contributed by atoms with Crippen LogP contribution < -0.4 is 5.32 Å². The van der Waals surface area contributed by atoms with E-state index < -0.39 is 0 Å². The predicted molar refractivity (Wildman–Crippen MR) is 81.1 cm³/mol. The molecule has 2 unspecified atom stereocenters. The van der Waals surface area contributed by atoms with Gasteiger partial charge in [0.1, 0.15) is 11.6 Å². The quantitative estimate of drug-likeness (QED) is 0.692. The number of rotatable bonds is 3. The van der Waals surface area contributed by atoms with Crippen molar-refractivity contribution in [3.8, 4) is 0 Å². The Kier molecular flexibility index (Phi) is 3.92. The van der Waals surface area contributed by atoms with Crippen LogP contribution in [0.25, 0.3) is 0 Å². The van der Waals surface area contributed by atoms with Gasteiger partial charge in [0.15, 0.2) is 0 Å². The summed E-state index contributed by atoms with van der Waals surface area (Å²) < 4.78 is 0. The molecule has 3 rings (SSSR count). The van der Waals surface area contributed by atoms with Gasteiger partial charge in [0.05, 0.1) is 5.92 Å². The predicted octanol–water partition coefficient (Wildman–Crippen LogP) is 1.75. The molecule has 2 aliphatic heterocycles. The molecule has 3 N–H and O–H groups in total. The standard InChI is InChI=1S/C16H21N3O2/c17-15-14(13(20)7-10-19-8-3-4-9-19)11-5-1-2-6-12(11)16(21)18-15/h1-2,5-6,11-12,20H,3-4,7-10H2,(H2,17,18,21)/b14-13+. The zero-order valence-corrected chi connectivity index (χ0v) is 12.0. The minimum atomic E-state index is -0.312. The molecule has 0 radical (unpaired) electrons. The van der Waals surface area contributed by atoms with Crippen molar-refractivity contribution in [2.24, 2.45) is 11.8 Å². The fraction of sp³-hybridized carbons (Fsp3) is 0.500. The number of carbonyl (C=O) groups excluding carboxylic acids is 1. The number of amidine groups is 1. The van der Waals surface area contributed by atoms with Crippen molar-refractivity contribution in [1.82, 2.24) is 10.2 Å². The van der Waals surface area contributed by atoms with Crippen LogP contribution in [0.2, 0.25) is 0 Å². The molecule has 5 nitrogen and oxygen atoms in total. The minimum absolute atomic E-state index is 0.0418. The third-order valence-corrected chi connectivity index (χ3v) is 4.46. The van der Waals surface area contributed by atoms with Crippen LogP contribution in [0.1, 0.15) is 19.3 Å². The topological polar surface area (TPSA) is 76.4 Å². The average Bonchev–Trinajstić information content (AvgIpc) is 2.98. The van der Waals surface area contributed by atoms with E-state index in [-0.39, 0.29) is 29.3 Å². The first kappa shape index (κ1) is 14.1. The maximum atomic E-state index is 11.9. The second kappa shape index (κ2) is 5.85. The van der Waals surface area contributed by atoms with E-state index in [0.29, 0.717) is 12.0 Å².